The summed E-state index contributed by atoms with van der Waals surface area (Å²) in [4.78, 5) is 34.2. The number of carbonyl (C=O) groups excluding carboxylic acids is 1. The number of primary amides is 1. The Balaban J connectivity index is 0.000000515. The van der Waals surface area contributed by atoms with Crippen molar-refractivity contribution >= 4 is 34.8 Å². The predicted octanol–water partition coefficient (Wildman–Crippen LogP) is 6.13. The fourth-order valence-electron chi connectivity index (χ4n) is 4.28. The third-order valence-electron chi connectivity index (χ3n) is 6.72. The second-order valence-corrected chi connectivity index (χ2v) is 10.1. The number of pyridine rings is 2. The van der Waals surface area contributed by atoms with Gasteiger partial charge in [0.25, 0.3) is 5.91 Å². The molecule has 3 aromatic heterocycles. The summed E-state index contributed by atoms with van der Waals surface area (Å²) >= 11 is 0. The Morgan fingerprint density at radius 1 is 0.933 bits per heavy atom. The van der Waals surface area contributed by atoms with Crippen LogP contribution in [0.3, 0.4) is 0 Å². The number of aliphatic carboxylic acids is 1. The molecule has 1 amide bonds. The van der Waals surface area contributed by atoms with Gasteiger partial charge in [0.1, 0.15) is 12.1 Å². The van der Waals surface area contributed by atoms with Crippen molar-refractivity contribution in [1.82, 2.24) is 24.7 Å². The molecule has 5 N–H and O–H groups in total. The Morgan fingerprint density at radius 2 is 1.64 bits per heavy atom. The number of nitrogens with zero attached hydrogens (tertiary/aromatic N) is 5. The first-order chi connectivity index (χ1) is 21.5. The van der Waals surface area contributed by atoms with Crippen molar-refractivity contribution in [2.75, 3.05) is 10.6 Å². The molecule has 0 atom stereocenters. The van der Waals surface area contributed by atoms with Crippen LogP contribution < -0.4 is 16.4 Å². The summed E-state index contributed by atoms with van der Waals surface area (Å²) in [6.07, 6.45) is 2.55. The Hall–Kier alpha value is -5.79. The Bertz CT molecular complexity index is 1820. The number of aryl methyl sites for hydroxylation is 1. The van der Waals surface area contributed by atoms with Crippen molar-refractivity contribution in [2.45, 2.75) is 31.9 Å². The first-order valence-corrected chi connectivity index (χ1v) is 13.7. The number of halogens is 3. The Labute approximate surface area is 255 Å². The van der Waals surface area contributed by atoms with Crippen molar-refractivity contribution in [1.29, 1.82) is 0 Å². The van der Waals surface area contributed by atoms with E-state index in [-0.39, 0.29) is 0 Å². The van der Waals surface area contributed by atoms with Crippen LogP contribution in [0.5, 0.6) is 0 Å². The summed E-state index contributed by atoms with van der Waals surface area (Å²) in [5, 5.41) is 18.5. The molecule has 0 unspecified atom stereocenters. The molecule has 1 saturated carbocycles. The number of amides is 1. The minimum atomic E-state index is -5.08. The molecule has 3 heterocycles. The van der Waals surface area contributed by atoms with Gasteiger partial charge in [0.2, 0.25) is 0 Å². The van der Waals surface area contributed by atoms with Gasteiger partial charge in [-0.2, -0.15) is 13.2 Å². The van der Waals surface area contributed by atoms with E-state index in [1.807, 2.05) is 67.7 Å². The van der Waals surface area contributed by atoms with Crippen LogP contribution in [0.4, 0.5) is 36.1 Å². The van der Waals surface area contributed by atoms with Crippen LogP contribution in [0.15, 0.2) is 85.5 Å². The molecule has 1 aliphatic carbocycles. The molecular weight excluding hydrogens is 589 g/mol. The first-order valence-electron chi connectivity index (χ1n) is 13.7. The van der Waals surface area contributed by atoms with Gasteiger partial charge in [-0.15, -0.1) is 5.10 Å². The van der Waals surface area contributed by atoms with E-state index in [0.29, 0.717) is 28.8 Å². The summed E-state index contributed by atoms with van der Waals surface area (Å²) in [7, 11) is 0. The lowest BCUT2D eigenvalue weighted by molar-refractivity contribution is -0.192. The fourth-order valence-corrected chi connectivity index (χ4v) is 4.28. The number of nitrogens with two attached hydrogens (primary N) is 1. The molecule has 230 valence electrons. The molecule has 6 rings (SSSR count). The number of para-hydroxylation sites is 1. The summed E-state index contributed by atoms with van der Waals surface area (Å²) in [5.74, 6) is -1.44. The standard InChI is InChI=1S/C29H26N8O.C2HF3O2/c1-18-6-7-20(15-31-18)29-33-17-37(36-29)22-12-10-21(11-13-22)34-27-14-26(24(16-32-27)19-8-9-19)35-25-5-3-2-4-23(25)28(30)38;3-2(4,5)1(6)7/h2-7,10-17,19H,8-9H2,1H3,(H2,30,38)(H2,32,34,35);(H,6,7). The number of hydrogen-bond acceptors (Lipinski definition) is 8. The van der Waals surface area contributed by atoms with Gasteiger partial charge in [0.05, 0.1) is 16.9 Å². The highest BCUT2D eigenvalue weighted by Crippen LogP contribution is 2.44. The van der Waals surface area contributed by atoms with Crippen LogP contribution in [-0.2, 0) is 4.79 Å². The Kier molecular flexibility index (Phi) is 8.74. The second-order valence-electron chi connectivity index (χ2n) is 10.1. The molecule has 14 heteroatoms. The number of aromatic nitrogens is 5. The SMILES string of the molecule is Cc1ccc(-c2ncn(-c3ccc(Nc4cc(Nc5ccccc5C(N)=O)c(C5CC5)cn4)cc3)n2)cn1.O=C(O)C(F)(F)F. The molecule has 0 saturated heterocycles. The fraction of sp³-hybridized carbons (Fsp3) is 0.161. The number of anilines is 4. The monoisotopic (exact) mass is 616 g/mol. The van der Waals surface area contributed by atoms with E-state index in [9.17, 15) is 18.0 Å². The molecule has 0 aliphatic heterocycles. The van der Waals surface area contributed by atoms with Crippen LogP contribution in [0, 0.1) is 6.92 Å². The van der Waals surface area contributed by atoms with Gasteiger partial charge in [0, 0.05) is 41.1 Å². The second kappa shape index (κ2) is 12.8. The van der Waals surface area contributed by atoms with E-state index in [0.717, 1.165) is 46.7 Å². The molecule has 0 spiro atoms. The van der Waals surface area contributed by atoms with Gasteiger partial charge in [0.15, 0.2) is 5.82 Å². The zero-order chi connectivity index (χ0) is 32.1. The van der Waals surface area contributed by atoms with Gasteiger partial charge >= 0.3 is 12.1 Å². The summed E-state index contributed by atoms with van der Waals surface area (Å²) in [6.45, 7) is 1.95. The molecule has 2 aromatic carbocycles. The number of rotatable bonds is 8. The number of nitrogens with one attached hydrogen (secondary N) is 2. The number of alkyl halides is 3. The largest absolute Gasteiger partial charge is 0.490 e. The third-order valence-corrected chi connectivity index (χ3v) is 6.72. The van der Waals surface area contributed by atoms with E-state index in [1.165, 1.54) is 0 Å². The lowest BCUT2D eigenvalue weighted by Gasteiger charge is -2.16. The van der Waals surface area contributed by atoms with Crippen molar-refractivity contribution in [3.05, 3.63) is 102 Å². The normalized spacial score (nSPS) is 12.5. The average molecular weight is 617 g/mol. The lowest BCUT2D eigenvalue weighted by atomic mass is 10.1. The van der Waals surface area contributed by atoms with Crippen LogP contribution in [0.25, 0.3) is 17.1 Å². The number of hydrogen-bond donors (Lipinski definition) is 4. The molecule has 0 radical (unpaired) electrons. The van der Waals surface area contributed by atoms with Crippen LogP contribution in [0.1, 0.15) is 40.4 Å². The summed E-state index contributed by atoms with van der Waals surface area (Å²) < 4.78 is 33.5. The molecule has 0 bridgehead atoms. The Morgan fingerprint density at radius 3 is 2.27 bits per heavy atom. The first kappa shape index (κ1) is 30.7. The van der Waals surface area contributed by atoms with Gasteiger partial charge in [-0.3, -0.25) is 9.78 Å². The maximum Gasteiger partial charge on any atom is 0.490 e. The predicted molar refractivity (Wildman–Crippen MR) is 161 cm³/mol. The van der Waals surface area contributed by atoms with Crippen molar-refractivity contribution < 1.29 is 27.9 Å². The van der Waals surface area contributed by atoms with Crippen molar-refractivity contribution in [3.63, 3.8) is 0 Å². The van der Waals surface area contributed by atoms with Crippen LogP contribution >= 0.6 is 0 Å². The zero-order valence-corrected chi connectivity index (χ0v) is 23.8. The number of carboxylic acid groups (broad SMARTS) is 1. The molecule has 45 heavy (non-hydrogen) atoms. The zero-order valence-electron chi connectivity index (χ0n) is 23.8. The van der Waals surface area contributed by atoms with Gasteiger partial charge in [-0.25, -0.2) is 19.4 Å². The maximum absolute atomic E-state index is 11.9. The molecule has 1 aliphatic rings. The van der Waals surface area contributed by atoms with Crippen LogP contribution in [-0.4, -0.2) is 47.9 Å². The smallest absolute Gasteiger partial charge is 0.475 e. The molecule has 5 aromatic rings. The molecule has 1 fully saturated rings. The lowest BCUT2D eigenvalue weighted by Crippen LogP contribution is -2.21. The van der Waals surface area contributed by atoms with E-state index >= 15 is 0 Å². The van der Waals surface area contributed by atoms with E-state index in [2.05, 4.69) is 30.7 Å². The highest BCUT2D eigenvalue weighted by molar-refractivity contribution is 5.99. The number of benzene rings is 2. The summed E-state index contributed by atoms with van der Waals surface area (Å²) in [5.41, 5.74) is 12.3. The van der Waals surface area contributed by atoms with Crippen molar-refractivity contribution in [2.24, 2.45) is 5.73 Å². The average Bonchev–Trinajstić information content (AvgIpc) is 3.73. The van der Waals surface area contributed by atoms with Gasteiger partial charge < -0.3 is 21.5 Å². The highest BCUT2D eigenvalue weighted by atomic mass is 19.4. The van der Waals surface area contributed by atoms with Gasteiger partial charge in [-0.1, -0.05) is 12.1 Å². The number of carbonyl (C=O) groups is 2. The van der Waals surface area contributed by atoms with Crippen LogP contribution in [0.2, 0.25) is 0 Å². The third kappa shape index (κ3) is 7.79. The number of carboxylic acids is 1. The molecule has 11 nitrogen and oxygen atoms in total. The minimum absolute atomic E-state index is 0.450. The summed E-state index contributed by atoms with van der Waals surface area (Å²) in [6, 6.07) is 21.0. The van der Waals surface area contributed by atoms with E-state index in [1.54, 1.807) is 29.3 Å². The quantitative estimate of drug-likeness (QED) is 0.161. The van der Waals surface area contributed by atoms with Gasteiger partial charge in [-0.05, 0) is 79.8 Å². The highest BCUT2D eigenvalue weighted by Gasteiger charge is 2.38. The van der Waals surface area contributed by atoms with Crippen molar-refractivity contribution in [3.8, 4) is 17.1 Å². The van der Waals surface area contributed by atoms with E-state index in [4.69, 9.17) is 15.6 Å². The molecular formula is C31H27F3N8O3. The maximum atomic E-state index is 11.9. The topological polar surface area (TPSA) is 161 Å². The van der Waals surface area contributed by atoms with E-state index < -0.39 is 18.1 Å². The minimum Gasteiger partial charge on any atom is -0.475 e.